The number of benzene rings is 1. The van der Waals surface area contributed by atoms with Crippen LogP contribution in [-0.4, -0.2) is 20.0 Å². The number of nitrogens with two attached hydrogens (primary N) is 1. The molecule has 18 heavy (non-hydrogen) atoms. The molecule has 2 rings (SSSR count). The van der Waals surface area contributed by atoms with Gasteiger partial charge in [-0.2, -0.15) is 4.98 Å². The Hall–Kier alpha value is -3.04. The number of nitro benzene ring substituents is 2. The minimum atomic E-state index is -0.750. The summed E-state index contributed by atoms with van der Waals surface area (Å²) in [7, 11) is 0. The predicted molar refractivity (Wildman–Crippen MR) is 57.5 cm³/mol. The molecule has 0 saturated carbocycles. The summed E-state index contributed by atoms with van der Waals surface area (Å²) >= 11 is 0. The van der Waals surface area contributed by atoms with Crippen LogP contribution in [0.1, 0.15) is 0 Å². The summed E-state index contributed by atoms with van der Waals surface area (Å²) in [6.07, 6.45) is 0. The SMILES string of the molecule is Nc1nc(-c2cc([N+](=O)[O-])cc([N+](=O)[O-])c2)no1. The van der Waals surface area contributed by atoms with E-state index in [0.717, 1.165) is 18.2 Å². The van der Waals surface area contributed by atoms with Gasteiger partial charge in [0.1, 0.15) is 0 Å². The van der Waals surface area contributed by atoms with Crippen LogP contribution in [-0.2, 0) is 0 Å². The summed E-state index contributed by atoms with van der Waals surface area (Å²) in [6.45, 7) is 0. The lowest BCUT2D eigenvalue weighted by atomic mass is 10.1. The zero-order chi connectivity index (χ0) is 13.3. The van der Waals surface area contributed by atoms with Crippen molar-refractivity contribution in [2.45, 2.75) is 0 Å². The third-order valence-corrected chi connectivity index (χ3v) is 2.02. The summed E-state index contributed by atoms with van der Waals surface area (Å²) < 4.78 is 4.50. The van der Waals surface area contributed by atoms with E-state index in [9.17, 15) is 20.2 Å². The van der Waals surface area contributed by atoms with E-state index in [-0.39, 0.29) is 17.4 Å². The Morgan fingerprint density at radius 1 is 1.11 bits per heavy atom. The highest BCUT2D eigenvalue weighted by Crippen LogP contribution is 2.28. The fraction of sp³-hybridized carbons (Fsp3) is 0. The van der Waals surface area contributed by atoms with E-state index in [4.69, 9.17) is 5.73 Å². The van der Waals surface area contributed by atoms with E-state index in [1.807, 2.05) is 0 Å². The van der Waals surface area contributed by atoms with Gasteiger partial charge in [-0.1, -0.05) is 5.16 Å². The lowest BCUT2D eigenvalue weighted by molar-refractivity contribution is -0.394. The van der Waals surface area contributed by atoms with E-state index in [2.05, 4.69) is 14.7 Å². The molecule has 1 aromatic carbocycles. The van der Waals surface area contributed by atoms with Gasteiger partial charge in [0.15, 0.2) is 0 Å². The molecule has 0 bridgehead atoms. The first kappa shape index (κ1) is 11.4. The molecule has 0 atom stereocenters. The molecule has 10 nitrogen and oxygen atoms in total. The largest absolute Gasteiger partial charge is 0.351 e. The maximum absolute atomic E-state index is 10.7. The molecule has 2 aromatic rings. The first-order valence-electron chi connectivity index (χ1n) is 4.51. The molecule has 0 amide bonds. The van der Waals surface area contributed by atoms with E-state index >= 15 is 0 Å². The highest BCUT2D eigenvalue weighted by Gasteiger charge is 2.19. The molecule has 10 heteroatoms. The van der Waals surface area contributed by atoms with Crippen LogP contribution in [0.2, 0.25) is 0 Å². The number of rotatable bonds is 3. The quantitative estimate of drug-likeness (QED) is 0.629. The first-order valence-corrected chi connectivity index (χ1v) is 4.51. The molecule has 0 radical (unpaired) electrons. The summed E-state index contributed by atoms with van der Waals surface area (Å²) in [5, 5.41) is 24.7. The summed E-state index contributed by atoms with van der Waals surface area (Å²) in [6, 6.07) is 2.79. The van der Waals surface area contributed by atoms with Crippen molar-refractivity contribution >= 4 is 17.4 Å². The number of hydrogen-bond donors (Lipinski definition) is 1. The standard InChI is InChI=1S/C8H5N5O5/c9-8-10-7(11-18-8)4-1-5(12(14)15)3-6(2-4)13(16)17/h1-3H,(H2,9,10,11). The van der Waals surface area contributed by atoms with Crippen molar-refractivity contribution in [3.63, 3.8) is 0 Å². The van der Waals surface area contributed by atoms with Gasteiger partial charge in [-0.05, 0) is 0 Å². The van der Waals surface area contributed by atoms with E-state index < -0.39 is 21.2 Å². The first-order chi connectivity index (χ1) is 8.47. The van der Waals surface area contributed by atoms with Crippen molar-refractivity contribution in [3.05, 3.63) is 38.4 Å². The molecule has 0 spiro atoms. The van der Waals surface area contributed by atoms with Gasteiger partial charge in [0.25, 0.3) is 11.4 Å². The number of aromatic nitrogens is 2. The Morgan fingerprint density at radius 3 is 2.06 bits per heavy atom. The Bertz CT molecular complexity index is 604. The number of hydrogen-bond acceptors (Lipinski definition) is 8. The average Bonchev–Trinajstić information content (AvgIpc) is 2.75. The topological polar surface area (TPSA) is 151 Å². The second-order valence-corrected chi connectivity index (χ2v) is 3.21. The highest BCUT2D eigenvalue weighted by molar-refractivity contribution is 5.64. The zero-order valence-electron chi connectivity index (χ0n) is 8.64. The summed E-state index contributed by atoms with van der Waals surface area (Å²) in [5.74, 6) is -0.0562. The van der Waals surface area contributed by atoms with E-state index in [0.29, 0.717) is 0 Å². The van der Waals surface area contributed by atoms with Crippen LogP contribution in [0.4, 0.5) is 17.4 Å². The van der Waals surface area contributed by atoms with Crippen molar-refractivity contribution in [2.75, 3.05) is 5.73 Å². The monoisotopic (exact) mass is 251 g/mol. The molecule has 92 valence electrons. The van der Waals surface area contributed by atoms with Crippen molar-refractivity contribution in [1.82, 2.24) is 10.1 Å². The fourth-order valence-electron chi connectivity index (χ4n) is 1.29. The van der Waals surface area contributed by atoms with Crippen LogP contribution >= 0.6 is 0 Å². The average molecular weight is 251 g/mol. The van der Waals surface area contributed by atoms with Gasteiger partial charge < -0.3 is 10.3 Å². The lowest BCUT2D eigenvalue weighted by Gasteiger charge is -1.96. The van der Waals surface area contributed by atoms with Crippen molar-refractivity contribution in [3.8, 4) is 11.4 Å². The normalized spacial score (nSPS) is 10.2. The number of nitrogens with zero attached hydrogens (tertiary/aromatic N) is 4. The van der Waals surface area contributed by atoms with Crippen LogP contribution < -0.4 is 5.73 Å². The number of nitro groups is 2. The molecule has 1 aromatic heterocycles. The number of anilines is 1. The Morgan fingerprint density at radius 2 is 1.67 bits per heavy atom. The molecular weight excluding hydrogens is 246 g/mol. The van der Waals surface area contributed by atoms with E-state index in [1.165, 1.54) is 0 Å². The molecule has 0 aliphatic rings. The van der Waals surface area contributed by atoms with Gasteiger partial charge in [-0.15, -0.1) is 0 Å². The maximum Gasteiger partial charge on any atom is 0.319 e. The Balaban J connectivity index is 2.60. The molecule has 0 aliphatic heterocycles. The van der Waals surface area contributed by atoms with Gasteiger partial charge in [0.2, 0.25) is 5.82 Å². The minimum Gasteiger partial charge on any atom is -0.351 e. The maximum atomic E-state index is 10.7. The second kappa shape index (κ2) is 4.08. The zero-order valence-corrected chi connectivity index (χ0v) is 8.64. The van der Waals surface area contributed by atoms with Crippen LogP contribution in [0.15, 0.2) is 22.7 Å². The second-order valence-electron chi connectivity index (χ2n) is 3.21. The van der Waals surface area contributed by atoms with E-state index in [1.54, 1.807) is 0 Å². The van der Waals surface area contributed by atoms with Crippen molar-refractivity contribution in [1.29, 1.82) is 0 Å². The van der Waals surface area contributed by atoms with Crippen LogP contribution in [0, 0.1) is 20.2 Å². The summed E-state index contributed by atoms with van der Waals surface area (Å²) in [5.41, 5.74) is 4.40. The Labute approximate surface area is 98.3 Å². The third-order valence-electron chi connectivity index (χ3n) is 2.02. The molecule has 1 heterocycles. The summed E-state index contributed by atoms with van der Waals surface area (Å²) in [4.78, 5) is 23.5. The molecule has 0 fully saturated rings. The van der Waals surface area contributed by atoms with Crippen LogP contribution in [0.5, 0.6) is 0 Å². The fourth-order valence-corrected chi connectivity index (χ4v) is 1.29. The highest BCUT2D eigenvalue weighted by atomic mass is 16.6. The van der Waals surface area contributed by atoms with Gasteiger partial charge >= 0.3 is 6.01 Å². The third kappa shape index (κ3) is 2.07. The number of nitrogen functional groups attached to an aromatic ring is 1. The van der Waals surface area contributed by atoms with Gasteiger partial charge in [-0.25, -0.2) is 0 Å². The smallest absolute Gasteiger partial charge is 0.319 e. The predicted octanol–water partition coefficient (Wildman–Crippen LogP) is 1.14. The van der Waals surface area contributed by atoms with Gasteiger partial charge in [-0.3, -0.25) is 20.2 Å². The van der Waals surface area contributed by atoms with Gasteiger partial charge in [0, 0.05) is 17.7 Å². The molecule has 0 unspecified atom stereocenters. The number of non-ortho nitro benzene ring substituents is 2. The van der Waals surface area contributed by atoms with Crippen LogP contribution in [0.3, 0.4) is 0 Å². The lowest BCUT2D eigenvalue weighted by Crippen LogP contribution is -1.94. The minimum absolute atomic E-state index is 0.0562. The molecule has 0 aliphatic carbocycles. The molecular formula is C8H5N5O5. The molecule has 2 N–H and O–H groups in total. The van der Waals surface area contributed by atoms with Crippen LogP contribution in [0.25, 0.3) is 11.4 Å². The van der Waals surface area contributed by atoms with Crippen molar-refractivity contribution < 1.29 is 14.4 Å². The van der Waals surface area contributed by atoms with Gasteiger partial charge in [0.05, 0.1) is 15.9 Å². The Kier molecular flexibility index (Phi) is 2.60. The van der Waals surface area contributed by atoms with Crippen molar-refractivity contribution in [2.24, 2.45) is 0 Å². The molecule has 0 saturated heterocycles.